The van der Waals surface area contributed by atoms with Crippen molar-refractivity contribution in [3.8, 4) is 5.75 Å². The predicted octanol–water partition coefficient (Wildman–Crippen LogP) is 2.33. The number of hydrogen-bond acceptors (Lipinski definition) is 4. The second kappa shape index (κ2) is 8.73. The van der Waals surface area contributed by atoms with Crippen LogP contribution in [0.2, 0.25) is 0 Å². The van der Waals surface area contributed by atoms with Gasteiger partial charge in [0.15, 0.2) is 0 Å². The van der Waals surface area contributed by atoms with E-state index < -0.39 is 6.10 Å². The van der Waals surface area contributed by atoms with E-state index in [0.29, 0.717) is 12.5 Å². The summed E-state index contributed by atoms with van der Waals surface area (Å²) in [6.45, 7) is 1.51. The SMILES string of the molecule is OC(CNCC1CCCCC1O)COc1ccc(Br)cc1. The lowest BCUT2D eigenvalue weighted by molar-refractivity contribution is 0.0635. The second-order valence-corrected chi connectivity index (χ2v) is 6.60. The van der Waals surface area contributed by atoms with E-state index in [1.54, 1.807) is 0 Å². The molecule has 0 aliphatic heterocycles. The molecular formula is C16H24BrNO3. The van der Waals surface area contributed by atoms with Crippen LogP contribution in [0.1, 0.15) is 25.7 Å². The first-order valence-electron chi connectivity index (χ1n) is 7.60. The summed E-state index contributed by atoms with van der Waals surface area (Å²) in [6.07, 6.45) is 3.55. The molecule has 3 atom stereocenters. The summed E-state index contributed by atoms with van der Waals surface area (Å²) >= 11 is 3.37. The molecule has 0 bridgehead atoms. The van der Waals surface area contributed by atoms with Crippen molar-refractivity contribution in [2.75, 3.05) is 19.7 Å². The highest BCUT2D eigenvalue weighted by Crippen LogP contribution is 2.23. The fourth-order valence-corrected chi connectivity index (χ4v) is 2.91. The van der Waals surface area contributed by atoms with E-state index in [4.69, 9.17) is 4.74 Å². The Hall–Kier alpha value is -0.620. The van der Waals surface area contributed by atoms with E-state index in [-0.39, 0.29) is 12.7 Å². The fourth-order valence-electron chi connectivity index (χ4n) is 2.64. The van der Waals surface area contributed by atoms with Crippen molar-refractivity contribution in [3.63, 3.8) is 0 Å². The van der Waals surface area contributed by atoms with Crippen molar-refractivity contribution in [2.24, 2.45) is 5.92 Å². The Morgan fingerprint density at radius 3 is 2.67 bits per heavy atom. The average Bonchev–Trinajstić information content (AvgIpc) is 2.49. The number of ether oxygens (including phenoxy) is 1. The molecule has 3 N–H and O–H groups in total. The van der Waals surface area contributed by atoms with Gasteiger partial charge in [-0.2, -0.15) is 0 Å². The maximum atomic E-state index is 9.90. The molecule has 1 aliphatic rings. The Morgan fingerprint density at radius 1 is 1.24 bits per heavy atom. The highest BCUT2D eigenvalue weighted by Gasteiger charge is 2.22. The molecule has 5 heteroatoms. The van der Waals surface area contributed by atoms with Gasteiger partial charge in [0.1, 0.15) is 18.5 Å². The number of benzene rings is 1. The predicted molar refractivity (Wildman–Crippen MR) is 86.5 cm³/mol. The van der Waals surface area contributed by atoms with Crippen LogP contribution in [-0.4, -0.2) is 42.1 Å². The summed E-state index contributed by atoms with van der Waals surface area (Å²) in [5.41, 5.74) is 0. The van der Waals surface area contributed by atoms with Crippen LogP contribution >= 0.6 is 15.9 Å². The third-order valence-corrected chi connectivity index (χ3v) is 4.44. The Bertz CT molecular complexity index is 412. The first-order valence-corrected chi connectivity index (χ1v) is 8.39. The van der Waals surface area contributed by atoms with Gasteiger partial charge in [-0.3, -0.25) is 0 Å². The molecule has 1 aliphatic carbocycles. The molecule has 2 rings (SSSR count). The van der Waals surface area contributed by atoms with E-state index >= 15 is 0 Å². The molecule has 0 spiro atoms. The lowest BCUT2D eigenvalue weighted by atomic mass is 9.86. The summed E-state index contributed by atoms with van der Waals surface area (Å²) in [5, 5.41) is 23.0. The van der Waals surface area contributed by atoms with E-state index in [0.717, 1.165) is 36.0 Å². The van der Waals surface area contributed by atoms with Gasteiger partial charge in [-0.25, -0.2) is 0 Å². The van der Waals surface area contributed by atoms with Crippen LogP contribution in [0.3, 0.4) is 0 Å². The number of aliphatic hydroxyl groups excluding tert-OH is 2. The first-order chi connectivity index (χ1) is 10.1. The number of rotatable bonds is 7. The average molecular weight is 358 g/mol. The molecule has 0 heterocycles. The van der Waals surface area contributed by atoms with E-state index in [1.165, 1.54) is 6.42 Å². The number of aliphatic hydroxyl groups is 2. The zero-order valence-electron chi connectivity index (χ0n) is 12.2. The Morgan fingerprint density at radius 2 is 1.95 bits per heavy atom. The van der Waals surface area contributed by atoms with Gasteiger partial charge in [-0.1, -0.05) is 28.8 Å². The smallest absolute Gasteiger partial charge is 0.119 e. The van der Waals surface area contributed by atoms with E-state index in [1.807, 2.05) is 24.3 Å². The monoisotopic (exact) mass is 357 g/mol. The Labute approximate surface area is 134 Å². The van der Waals surface area contributed by atoms with Gasteiger partial charge in [0.25, 0.3) is 0 Å². The van der Waals surface area contributed by atoms with Crippen LogP contribution in [0.25, 0.3) is 0 Å². The number of halogens is 1. The highest BCUT2D eigenvalue weighted by atomic mass is 79.9. The minimum absolute atomic E-state index is 0.192. The van der Waals surface area contributed by atoms with Gasteiger partial charge in [0.05, 0.1) is 6.10 Å². The first kappa shape index (κ1) is 16.7. The van der Waals surface area contributed by atoms with Crippen LogP contribution in [0.15, 0.2) is 28.7 Å². The minimum atomic E-state index is -0.547. The summed E-state index contributed by atoms with van der Waals surface area (Å²) < 4.78 is 6.53. The zero-order chi connectivity index (χ0) is 15.1. The Balaban J connectivity index is 1.61. The summed E-state index contributed by atoms with van der Waals surface area (Å²) in [6, 6.07) is 7.54. The van der Waals surface area contributed by atoms with Crippen molar-refractivity contribution in [3.05, 3.63) is 28.7 Å². The van der Waals surface area contributed by atoms with Gasteiger partial charge in [0, 0.05) is 17.6 Å². The molecule has 3 unspecified atom stereocenters. The van der Waals surface area contributed by atoms with Gasteiger partial charge < -0.3 is 20.3 Å². The molecule has 118 valence electrons. The van der Waals surface area contributed by atoms with Crippen molar-refractivity contribution in [2.45, 2.75) is 37.9 Å². The minimum Gasteiger partial charge on any atom is -0.491 e. The topological polar surface area (TPSA) is 61.7 Å². The summed E-state index contributed by atoms with van der Waals surface area (Å²) in [4.78, 5) is 0. The van der Waals surface area contributed by atoms with Crippen LogP contribution in [0.4, 0.5) is 0 Å². The van der Waals surface area contributed by atoms with E-state index in [9.17, 15) is 10.2 Å². The molecule has 21 heavy (non-hydrogen) atoms. The normalized spacial score (nSPS) is 23.8. The lowest BCUT2D eigenvalue weighted by Gasteiger charge is -2.28. The fraction of sp³-hybridized carbons (Fsp3) is 0.625. The molecular weight excluding hydrogens is 334 g/mol. The van der Waals surface area contributed by atoms with Crippen LogP contribution < -0.4 is 10.1 Å². The number of nitrogens with one attached hydrogen (secondary N) is 1. The van der Waals surface area contributed by atoms with Gasteiger partial charge in [0.2, 0.25) is 0 Å². The molecule has 0 amide bonds. The molecule has 1 aromatic carbocycles. The van der Waals surface area contributed by atoms with Gasteiger partial charge >= 0.3 is 0 Å². The quantitative estimate of drug-likeness (QED) is 0.700. The molecule has 1 fully saturated rings. The lowest BCUT2D eigenvalue weighted by Crippen LogP contribution is -2.38. The van der Waals surface area contributed by atoms with Crippen molar-refractivity contribution < 1.29 is 14.9 Å². The third-order valence-electron chi connectivity index (χ3n) is 3.91. The van der Waals surface area contributed by atoms with Crippen molar-refractivity contribution in [1.82, 2.24) is 5.32 Å². The molecule has 1 saturated carbocycles. The largest absolute Gasteiger partial charge is 0.491 e. The van der Waals surface area contributed by atoms with Gasteiger partial charge in [-0.05, 0) is 43.0 Å². The van der Waals surface area contributed by atoms with E-state index in [2.05, 4.69) is 21.2 Å². The Kier molecular flexibility index (Phi) is 6.96. The highest BCUT2D eigenvalue weighted by molar-refractivity contribution is 9.10. The molecule has 0 saturated heterocycles. The molecule has 1 aromatic rings. The molecule has 4 nitrogen and oxygen atoms in total. The van der Waals surface area contributed by atoms with Crippen molar-refractivity contribution in [1.29, 1.82) is 0 Å². The second-order valence-electron chi connectivity index (χ2n) is 5.69. The molecule has 0 aromatic heterocycles. The molecule has 0 radical (unpaired) electrons. The van der Waals surface area contributed by atoms with Crippen LogP contribution in [0.5, 0.6) is 5.75 Å². The van der Waals surface area contributed by atoms with Crippen molar-refractivity contribution >= 4 is 15.9 Å². The van der Waals surface area contributed by atoms with Gasteiger partial charge in [-0.15, -0.1) is 0 Å². The zero-order valence-corrected chi connectivity index (χ0v) is 13.8. The summed E-state index contributed by atoms with van der Waals surface area (Å²) in [7, 11) is 0. The van der Waals surface area contributed by atoms with Crippen LogP contribution in [-0.2, 0) is 0 Å². The maximum Gasteiger partial charge on any atom is 0.119 e. The standard InChI is InChI=1S/C16H24BrNO3/c17-13-5-7-15(8-6-13)21-11-14(19)10-18-9-12-3-1-2-4-16(12)20/h5-8,12,14,16,18-20H,1-4,9-11H2. The maximum absolute atomic E-state index is 9.90. The number of hydrogen-bond donors (Lipinski definition) is 3. The van der Waals surface area contributed by atoms with Crippen LogP contribution in [0, 0.1) is 5.92 Å². The third kappa shape index (κ3) is 5.94. The summed E-state index contributed by atoms with van der Waals surface area (Å²) in [5.74, 6) is 1.07.